The first-order valence-electron chi connectivity index (χ1n) is 2.57. The fourth-order valence-electron chi connectivity index (χ4n) is 0. The zero-order valence-corrected chi connectivity index (χ0v) is 11.0. The van der Waals surface area contributed by atoms with Gasteiger partial charge in [0.2, 0.25) is 0 Å². The molecule has 0 spiro atoms. The summed E-state index contributed by atoms with van der Waals surface area (Å²) in [6, 6.07) is 0. The van der Waals surface area contributed by atoms with E-state index < -0.39 is 8.67 Å². The summed E-state index contributed by atoms with van der Waals surface area (Å²) in [4.78, 5) is 0. The fourth-order valence-corrected chi connectivity index (χ4v) is 0. The summed E-state index contributed by atoms with van der Waals surface area (Å²) in [5.41, 5.74) is 0. The highest BCUT2D eigenvalue weighted by molar-refractivity contribution is 9.69. The molecule has 0 aromatic rings. The zero-order valence-electron chi connectivity index (χ0n) is 5.13. The van der Waals surface area contributed by atoms with E-state index in [9.17, 15) is 0 Å². The largest absolute Gasteiger partial charge is 0.542 e. The first-order chi connectivity index (χ1) is 3.65. The number of unbranched alkanes of at least 4 members (excludes halogenated alkanes) is 1. The Morgan fingerprint density at radius 3 is 1.12 bits per heavy atom. The summed E-state index contributed by atoms with van der Waals surface area (Å²) in [7, 11) is -0.701. The van der Waals surface area contributed by atoms with Crippen molar-refractivity contribution in [1.29, 1.82) is 0 Å². The molecule has 0 saturated carbocycles. The first-order valence-corrected chi connectivity index (χ1v) is 12.1. The number of hydrogen-bond donors (Lipinski definition) is 0. The summed E-state index contributed by atoms with van der Waals surface area (Å²) < 4.78 is 0. The van der Waals surface area contributed by atoms with Gasteiger partial charge in [0.15, 0.2) is 0 Å². The minimum atomic E-state index is -0.701. The van der Waals surface area contributed by atoms with Gasteiger partial charge in [0.1, 0.15) is 0 Å². The Labute approximate surface area is 76.8 Å². The number of hydrogen-bond acceptors (Lipinski definition) is 0. The average Bonchev–Trinajstić information content (AvgIpc) is 1.65. The van der Waals surface area contributed by atoms with Crippen molar-refractivity contribution in [3.8, 4) is 0 Å². The predicted molar refractivity (Wildman–Crippen MR) is 53.1 cm³/mol. The summed E-state index contributed by atoms with van der Waals surface area (Å²) in [5.74, 6) is 0. The maximum atomic E-state index is 3.24. The molecule has 0 atom stereocenters. The van der Waals surface area contributed by atoms with Crippen LogP contribution >= 0.6 is 42.2 Å². The highest BCUT2D eigenvalue weighted by Gasteiger charge is 1.95. The lowest BCUT2D eigenvalue weighted by Crippen LogP contribution is -1.60. The standard InChI is InChI=1S/C4H10.Al.3BrH/c1-3-4-2;;;;/h3-4H2,1-2H3;;3*1H/q;+3;;;/p-3. The van der Waals surface area contributed by atoms with Crippen molar-refractivity contribution in [2.75, 3.05) is 0 Å². The first kappa shape index (κ1) is 12.6. The average molecular weight is 325 g/mol. The van der Waals surface area contributed by atoms with Crippen molar-refractivity contribution < 1.29 is 0 Å². The second kappa shape index (κ2) is 11.7. The Kier molecular flexibility index (Phi) is 18.5. The van der Waals surface area contributed by atoms with Gasteiger partial charge in [-0.05, 0) is 0 Å². The molecular formula is C4H10AlBr3. The lowest BCUT2D eigenvalue weighted by molar-refractivity contribution is 0.886. The topological polar surface area (TPSA) is 0 Å². The van der Waals surface area contributed by atoms with E-state index >= 15 is 0 Å². The third-order valence-electron chi connectivity index (χ3n) is 0.500. The van der Waals surface area contributed by atoms with Crippen molar-refractivity contribution in [1.82, 2.24) is 0 Å². The Bertz CT molecular complexity index is 27.7. The zero-order chi connectivity index (χ0) is 6.99. The van der Waals surface area contributed by atoms with Crippen LogP contribution < -0.4 is 0 Å². The van der Waals surface area contributed by atoms with E-state index in [2.05, 4.69) is 56.0 Å². The van der Waals surface area contributed by atoms with Crippen LogP contribution in [0.15, 0.2) is 0 Å². The van der Waals surface area contributed by atoms with Crippen LogP contribution in [0.2, 0.25) is 0 Å². The summed E-state index contributed by atoms with van der Waals surface area (Å²) in [6.45, 7) is 4.36. The normalized spacial score (nSPS) is 7.12. The number of rotatable bonds is 1. The lowest BCUT2D eigenvalue weighted by Gasteiger charge is -1.68. The van der Waals surface area contributed by atoms with Gasteiger partial charge in [-0.15, -0.1) is 0 Å². The van der Waals surface area contributed by atoms with Crippen molar-refractivity contribution in [2.24, 2.45) is 0 Å². The van der Waals surface area contributed by atoms with E-state index in [0.29, 0.717) is 0 Å². The Morgan fingerprint density at radius 2 is 1.12 bits per heavy atom. The Morgan fingerprint density at radius 1 is 1.00 bits per heavy atom. The smallest absolute Gasteiger partial charge is 0.181 e. The van der Waals surface area contributed by atoms with E-state index in [1.165, 1.54) is 12.8 Å². The van der Waals surface area contributed by atoms with Crippen molar-refractivity contribution >= 4 is 50.8 Å². The molecule has 0 aliphatic rings. The molecule has 0 unspecified atom stereocenters. The number of halogens is 3. The Hall–Kier alpha value is 1.97. The van der Waals surface area contributed by atoms with Gasteiger partial charge in [-0.1, -0.05) is 26.7 Å². The molecule has 0 aliphatic carbocycles. The minimum absolute atomic E-state index is 0.701. The minimum Gasteiger partial charge on any atom is -0.181 e. The van der Waals surface area contributed by atoms with Crippen molar-refractivity contribution in [3.63, 3.8) is 0 Å². The lowest BCUT2D eigenvalue weighted by atomic mass is 10.4. The molecule has 8 heavy (non-hydrogen) atoms. The molecule has 0 bridgehead atoms. The molecule has 0 aromatic heterocycles. The van der Waals surface area contributed by atoms with Gasteiger partial charge in [-0.25, -0.2) is 0 Å². The third-order valence-corrected chi connectivity index (χ3v) is 0.500. The SMILES string of the molecule is CCCC.[Br][Al]([Br])[Br]. The molecule has 0 rings (SSSR count). The second-order valence-corrected chi connectivity index (χ2v) is 21.0. The quantitative estimate of drug-likeness (QED) is 0.640. The van der Waals surface area contributed by atoms with Crippen molar-refractivity contribution in [3.05, 3.63) is 0 Å². The molecule has 0 aliphatic heterocycles. The van der Waals surface area contributed by atoms with Crippen LogP contribution in [0.5, 0.6) is 0 Å². The van der Waals surface area contributed by atoms with Crippen LogP contribution in [0.4, 0.5) is 0 Å². The molecule has 0 saturated heterocycles. The van der Waals surface area contributed by atoms with Gasteiger partial charge in [-0.3, -0.25) is 0 Å². The van der Waals surface area contributed by atoms with Crippen LogP contribution in [-0.2, 0) is 0 Å². The van der Waals surface area contributed by atoms with Crippen LogP contribution in [0, 0.1) is 0 Å². The van der Waals surface area contributed by atoms with Gasteiger partial charge in [0.25, 0.3) is 0 Å². The van der Waals surface area contributed by atoms with Gasteiger partial charge >= 0.3 is 8.67 Å². The highest BCUT2D eigenvalue weighted by atomic mass is 80.0. The summed E-state index contributed by atoms with van der Waals surface area (Å²) in [5, 5.41) is 0. The van der Waals surface area contributed by atoms with E-state index in [1.807, 2.05) is 0 Å². The van der Waals surface area contributed by atoms with Crippen LogP contribution in [-0.4, -0.2) is 8.67 Å². The van der Waals surface area contributed by atoms with Gasteiger partial charge in [-0.2, -0.15) is 42.2 Å². The van der Waals surface area contributed by atoms with Crippen molar-refractivity contribution in [2.45, 2.75) is 26.7 Å². The molecule has 0 radical (unpaired) electrons. The van der Waals surface area contributed by atoms with Gasteiger partial charge < -0.3 is 0 Å². The summed E-state index contributed by atoms with van der Waals surface area (Å²) in [6.07, 6.45) is 2.64. The van der Waals surface area contributed by atoms with Crippen LogP contribution in [0.1, 0.15) is 26.7 Å². The molecule has 4 heteroatoms. The van der Waals surface area contributed by atoms with Crippen LogP contribution in [0.25, 0.3) is 0 Å². The van der Waals surface area contributed by atoms with E-state index in [0.717, 1.165) is 0 Å². The monoisotopic (exact) mass is 322 g/mol. The van der Waals surface area contributed by atoms with E-state index in [1.54, 1.807) is 0 Å². The maximum Gasteiger partial charge on any atom is 0.542 e. The molecule has 0 fully saturated rings. The molecular weight excluding hydrogens is 315 g/mol. The van der Waals surface area contributed by atoms with Gasteiger partial charge in [0, 0.05) is 0 Å². The van der Waals surface area contributed by atoms with E-state index in [-0.39, 0.29) is 0 Å². The predicted octanol–water partition coefficient (Wildman–Crippen LogP) is 3.96. The third kappa shape index (κ3) is 43.9. The molecule has 0 amide bonds. The summed E-state index contributed by atoms with van der Waals surface area (Å²) >= 11 is 9.73. The molecule has 50 valence electrons. The highest BCUT2D eigenvalue weighted by Crippen LogP contribution is 2.07. The molecule has 0 nitrogen and oxygen atoms in total. The molecule has 0 N–H and O–H groups in total. The fraction of sp³-hybridized carbons (Fsp3) is 1.00. The molecule has 0 heterocycles. The van der Waals surface area contributed by atoms with Crippen LogP contribution in [0.3, 0.4) is 0 Å². The van der Waals surface area contributed by atoms with Gasteiger partial charge in [0.05, 0.1) is 0 Å². The maximum absolute atomic E-state index is 3.24. The molecule has 0 aromatic carbocycles. The van der Waals surface area contributed by atoms with E-state index in [4.69, 9.17) is 0 Å². The second-order valence-electron chi connectivity index (χ2n) is 1.25. The Balaban J connectivity index is 0.